The molecule has 2 unspecified atom stereocenters. The third-order valence-electron chi connectivity index (χ3n) is 2.85. The second-order valence-electron chi connectivity index (χ2n) is 4.81. The van der Waals surface area contributed by atoms with Crippen molar-refractivity contribution in [1.82, 2.24) is 0 Å². The minimum atomic E-state index is -3.91. The lowest BCUT2D eigenvalue weighted by Gasteiger charge is -2.21. The molecule has 4 nitrogen and oxygen atoms in total. The molecule has 118 valence electrons. The Kier molecular flexibility index (Phi) is 5.52. The van der Waals surface area contributed by atoms with Crippen LogP contribution in [0.2, 0.25) is 0 Å². The maximum Gasteiger partial charge on any atom is 0.589 e. The van der Waals surface area contributed by atoms with Gasteiger partial charge in [-0.05, 0) is 44.0 Å². The highest BCUT2D eigenvalue weighted by Crippen LogP contribution is 2.52. The number of phosphoric acid groups is 1. The molecule has 0 saturated carbocycles. The first-order valence-electron chi connectivity index (χ1n) is 6.82. The summed E-state index contributed by atoms with van der Waals surface area (Å²) >= 11 is 5.82. The van der Waals surface area contributed by atoms with Crippen molar-refractivity contribution in [3.8, 4) is 11.5 Å². The topological polar surface area (TPSA) is 44.8 Å². The zero-order chi connectivity index (χ0) is 16.2. The van der Waals surface area contributed by atoms with Crippen LogP contribution in [0.15, 0.2) is 48.5 Å². The molecule has 2 aromatic rings. The summed E-state index contributed by atoms with van der Waals surface area (Å²) in [7, 11) is -3.91. The highest BCUT2D eigenvalue weighted by molar-refractivity contribution is 7.49. The summed E-state index contributed by atoms with van der Waals surface area (Å²) in [5.74, 6) is 0.855. The number of hydrogen-bond acceptors (Lipinski definition) is 4. The number of rotatable bonds is 6. The maximum atomic E-state index is 12.9. The smallest absolute Gasteiger partial charge is 0.395 e. The predicted octanol–water partition coefficient (Wildman–Crippen LogP) is 5.47. The Morgan fingerprint density at radius 3 is 2.09 bits per heavy atom. The van der Waals surface area contributed by atoms with Crippen LogP contribution in [0.5, 0.6) is 11.5 Å². The van der Waals surface area contributed by atoms with Crippen LogP contribution in [-0.2, 0) is 9.09 Å². The second kappa shape index (κ2) is 7.19. The third kappa shape index (κ3) is 4.51. The summed E-state index contributed by atoms with van der Waals surface area (Å²) in [6, 6.07) is 14.3. The highest BCUT2D eigenvalue weighted by atomic mass is 35.5. The lowest BCUT2D eigenvalue weighted by atomic mass is 10.1. The van der Waals surface area contributed by atoms with Crippen LogP contribution in [0.4, 0.5) is 0 Å². The summed E-state index contributed by atoms with van der Waals surface area (Å²) in [5, 5.41) is 0. The van der Waals surface area contributed by atoms with Gasteiger partial charge >= 0.3 is 7.82 Å². The Morgan fingerprint density at radius 1 is 0.955 bits per heavy atom. The van der Waals surface area contributed by atoms with Crippen molar-refractivity contribution in [2.45, 2.75) is 26.3 Å². The van der Waals surface area contributed by atoms with Crippen molar-refractivity contribution < 1.29 is 18.1 Å². The normalized spacial score (nSPS) is 14.9. The number of halogens is 1. The molecule has 0 radical (unpaired) electrons. The Hall–Kier alpha value is -1.48. The molecule has 0 spiro atoms. The summed E-state index contributed by atoms with van der Waals surface area (Å²) in [6.45, 7) is 5.27. The van der Waals surface area contributed by atoms with Gasteiger partial charge in [-0.25, -0.2) is 9.09 Å². The van der Waals surface area contributed by atoms with E-state index in [-0.39, 0.29) is 0 Å². The molecule has 0 bridgehead atoms. The van der Waals surface area contributed by atoms with E-state index in [2.05, 4.69) is 0 Å². The highest BCUT2D eigenvalue weighted by Gasteiger charge is 2.33. The zero-order valence-electron chi connectivity index (χ0n) is 12.7. The van der Waals surface area contributed by atoms with Gasteiger partial charge in [0.25, 0.3) is 0 Å². The van der Waals surface area contributed by atoms with Gasteiger partial charge in [0.15, 0.2) is 0 Å². The van der Waals surface area contributed by atoms with Crippen LogP contribution in [0, 0.1) is 13.8 Å². The Balaban J connectivity index is 2.31. The fourth-order valence-corrected chi connectivity index (χ4v) is 3.57. The van der Waals surface area contributed by atoms with Gasteiger partial charge in [0.2, 0.25) is 0 Å². The molecule has 0 saturated heterocycles. The van der Waals surface area contributed by atoms with E-state index < -0.39 is 13.4 Å². The molecule has 2 aromatic carbocycles. The van der Waals surface area contributed by atoms with Crippen LogP contribution in [-0.4, -0.2) is 5.56 Å². The number of benzene rings is 2. The summed E-state index contributed by atoms with van der Waals surface area (Å²) in [6.07, 6.45) is 0. The van der Waals surface area contributed by atoms with Gasteiger partial charge in [-0.3, -0.25) is 0 Å². The van der Waals surface area contributed by atoms with Crippen LogP contribution < -0.4 is 9.05 Å². The first-order valence-corrected chi connectivity index (χ1v) is 8.72. The molecule has 22 heavy (non-hydrogen) atoms. The van der Waals surface area contributed by atoms with E-state index in [1.807, 2.05) is 38.1 Å². The van der Waals surface area contributed by atoms with E-state index in [0.29, 0.717) is 11.5 Å². The Labute approximate surface area is 135 Å². The van der Waals surface area contributed by atoms with Gasteiger partial charge in [0.05, 0.1) is 0 Å². The zero-order valence-corrected chi connectivity index (χ0v) is 14.3. The number of alkyl halides is 1. The number of phosphoric ester groups is 1. The molecular formula is C16H18ClO4P. The van der Waals surface area contributed by atoms with E-state index in [1.54, 1.807) is 31.2 Å². The lowest BCUT2D eigenvalue weighted by molar-refractivity contribution is 0.199. The molecule has 0 amide bonds. The van der Waals surface area contributed by atoms with Crippen molar-refractivity contribution in [2.75, 3.05) is 0 Å². The molecule has 0 fully saturated rings. The molecule has 0 aromatic heterocycles. The molecule has 0 aliphatic heterocycles. The van der Waals surface area contributed by atoms with Crippen molar-refractivity contribution in [3.05, 3.63) is 59.7 Å². The van der Waals surface area contributed by atoms with Gasteiger partial charge in [-0.2, -0.15) is 0 Å². The minimum absolute atomic E-state index is 0.384. The molecule has 6 heteroatoms. The number of aryl methyl sites for hydroxylation is 2. The fourth-order valence-electron chi connectivity index (χ4n) is 1.90. The van der Waals surface area contributed by atoms with E-state index in [9.17, 15) is 4.57 Å². The molecule has 2 rings (SSSR count). The Bertz CT molecular complexity index is 653. The fraction of sp³-hybridized carbons (Fsp3) is 0.250. The average molecular weight is 341 g/mol. The van der Waals surface area contributed by atoms with Crippen molar-refractivity contribution in [3.63, 3.8) is 0 Å². The van der Waals surface area contributed by atoms with Crippen molar-refractivity contribution in [1.29, 1.82) is 0 Å². The number of para-hydroxylation sites is 2. The summed E-state index contributed by atoms with van der Waals surface area (Å²) in [4.78, 5) is 0. The lowest BCUT2D eigenvalue weighted by Crippen LogP contribution is -2.09. The molecular weight excluding hydrogens is 323 g/mol. The van der Waals surface area contributed by atoms with E-state index >= 15 is 0 Å². The molecule has 0 heterocycles. The molecule has 0 aliphatic rings. The summed E-state index contributed by atoms with van der Waals surface area (Å²) in [5.41, 5.74) is 0.851. The minimum Gasteiger partial charge on any atom is -0.395 e. The van der Waals surface area contributed by atoms with Crippen molar-refractivity contribution in [2.24, 2.45) is 0 Å². The van der Waals surface area contributed by atoms with E-state index in [1.165, 1.54) is 0 Å². The first kappa shape index (κ1) is 16.9. The van der Waals surface area contributed by atoms with Crippen LogP contribution >= 0.6 is 19.4 Å². The first-order chi connectivity index (χ1) is 10.4. The monoisotopic (exact) mass is 340 g/mol. The van der Waals surface area contributed by atoms with Gasteiger partial charge in [-0.15, -0.1) is 0 Å². The van der Waals surface area contributed by atoms with Crippen LogP contribution in [0.3, 0.4) is 0 Å². The predicted molar refractivity (Wildman–Crippen MR) is 87.6 cm³/mol. The number of hydrogen-bond donors (Lipinski definition) is 0. The average Bonchev–Trinajstić information content (AvgIpc) is 2.43. The Morgan fingerprint density at radius 2 is 1.55 bits per heavy atom. The maximum absolute atomic E-state index is 12.9. The van der Waals surface area contributed by atoms with Crippen LogP contribution in [0.1, 0.15) is 18.1 Å². The molecule has 2 atom stereocenters. The second-order valence-corrected chi connectivity index (χ2v) is 6.90. The van der Waals surface area contributed by atoms with Crippen molar-refractivity contribution >= 4 is 19.4 Å². The van der Waals surface area contributed by atoms with Gasteiger partial charge < -0.3 is 9.05 Å². The van der Waals surface area contributed by atoms with Crippen LogP contribution in [0.25, 0.3) is 0 Å². The SMILES string of the molecule is Cc1cccc(C)c1OP(=O)(Oc1ccccc1)OC(C)Cl. The molecule has 0 N–H and O–H groups in total. The largest absolute Gasteiger partial charge is 0.589 e. The standard InChI is InChI=1S/C16H18ClO4P/c1-12-8-7-9-13(2)16(12)21-22(18,19-14(3)17)20-15-10-5-4-6-11-15/h4-11,14H,1-3H3. The van der Waals surface area contributed by atoms with Gasteiger partial charge in [-0.1, -0.05) is 48.0 Å². The van der Waals surface area contributed by atoms with E-state index in [0.717, 1.165) is 11.1 Å². The third-order valence-corrected chi connectivity index (χ3v) is 4.47. The van der Waals surface area contributed by atoms with Gasteiger partial charge in [0, 0.05) is 0 Å². The quantitative estimate of drug-likeness (QED) is 0.516. The van der Waals surface area contributed by atoms with E-state index in [4.69, 9.17) is 25.2 Å². The summed E-state index contributed by atoms with van der Waals surface area (Å²) < 4.78 is 29.2. The molecule has 0 aliphatic carbocycles. The van der Waals surface area contributed by atoms with Gasteiger partial charge in [0.1, 0.15) is 17.1 Å².